The van der Waals surface area contributed by atoms with Crippen molar-refractivity contribution in [2.45, 2.75) is 10.9 Å². The van der Waals surface area contributed by atoms with Crippen LogP contribution in [-0.2, 0) is 14.3 Å². The summed E-state index contributed by atoms with van der Waals surface area (Å²) >= 11 is 4.68. The van der Waals surface area contributed by atoms with Gasteiger partial charge in [0.25, 0.3) is 0 Å². The number of carboxylic acids is 1. The molecular formula is C12H14BrNO4S. The van der Waals surface area contributed by atoms with Gasteiger partial charge in [0.2, 0.25) is 5.91 Å². The molecule has 0 heterocycles. The van der Waals surface area contributed by atoms with E-state index in [4.69, 9.17) is 9.84 Å². The van der Waals surface area contributed by atoms with Gasteiger partial charge in [-0.25, -0.2) is 4.79 Å². The molecule has 0 radical (unpaired) electrons. The number of halogens is 1. The Hall–Kier alpha value is -1.05. The highest BCUT2D eigenvalue weighted by atomic mass is 79.9. The highest BCUT2D eigenvalue weighted by Crippen LogP contribution is 2.21. The van der Waals surface area contributed by atoms with Crippen molar-refractivity contribution in [1.82, 2.24) is 5.32 Å². The predicted molar refractivity (Wildman–Crippen MR) is 76.3 cm³/mol. The molecule has 1 aromatic carbocycles. The maximum Gasteiger partial charge on any atom is 0.328 e. The zero-order valence-electron chi connectivity index (χ0n) is 10.3. The zero-order chi connectivity index (χ0) is 14.3. The molecule has 1 rings (SSSR count). The molecule has 0 bridgehead atoms. The highest BCUT2D eigenvalue weighted by Gasteiger charge is 2.19. The SMILES string of the molecule is COCC(NC(=O)CSc1cccc(Br)c1)C(=O)O. The van der Waals surface area contributed by atoms with Gasteiger partial charge in [-0.1, -0.05) is 22.0 Å². The van der Waals surface area contributed by atoms with Crippen LogP contribution >= 0.6 is 27.7 Å². The third-order valence-corrected chi connectivity index (χ3v) is 3.62. The van der Waals surface area contributed by atoms with Gasteiger partial charge in [-0.15, -0.1) is 11.8 Å². The van der Waals surface area contributed by atoms with E-state index in [1.54, 1.807) is 0 Å². The average Bonchev–Trinajstić information content (AvgIpc) is 2.36. The van der Waals surface area contributed by atoms with E-state index in [0.29, 0.717) is 0 Å². The summed E-state index contributed by atoms with van der Waals surface area (Å²) in [5, 5.41) is 11.3. The van der Waals surface area contributed by atoms with Crippen molar-refractivity contribution < 1.29 is 19.4 Å². The van der Waals surface area contributed by atoms with Crippen molar-refractivity contribution >= 4 is 39.6 Å². The van der Waals surface area contributed by atoms with E-state index in [1.165, 1.54) is 18.9 Å². The van der Waals surface area contributed by atoms with E-state index in [9.17, 15) is 9.59 Å². The first-order valence-corrected chi connectivity index (χ1v) is 7.20. The Morgan fingerprint density at radius 3 is 2.84 bits per heavy atom. The number of nitrogens with one attached hydrogen (secondary N) is 1. The molecule has 1 atom stereocenters. The second-order valence-corrected chi connectivity index (χ2v) is 5.62. The van der Waals surface area contributed by atoms with E-state index >= 15 is 0 Å². The number of rotatable bonds is 7. The van der Waals surface area contributed by atoms with Gasteiger partial charge in [0.1, 0.15) is 0 Å². The second kappa shape index (κ2) is 8.19. The Balaban J connectivity index is 2.44. The van der Waals surface area contributed by atoms with Gasteiger partial charge in [-0.3, -0.25) is 4.79 Å². The molecule has 5 nitrogen and oxygen atoms in total. The number of carbonyl (C=O) groups is 2. The molecule has 0 saturated heterocycles. The van der Waals surface area contributed by atoms with Crippen molar-refractivity contribution in [1.29, 1.82) is 0 Å². The number of carboxylic acid groups (broad SMARTS) is 1. The standard InChI is InChI=1S/C12H14BrNO4S/c1-18-6-10(12(16)17)14-11(15)7-19-9-4-2-3-8(13)5-9/h2-5,10H,6-7H2,1H3,(H,14,15)(H,16,17). The topological polar surface area (TPSA) is 75.6 Å². The number of carbonyl (C=O) groups excluding carboxylic acids is 1. The maximum atomic E-state index is 11.6. The molecule has 0 saturated carbocycles. The fraction of sp³-hybridized carbons (Fsp3) is 0.333. The van der Waals surface area contributed by atoms with Gasteiger partial charge in [-0.05, 0) is 18.2 Å². The Bertz CT molecular complexity index is 455. The summed E-state index contributed by atoms with van der Waals surface area (Å²) in [6, 6.07) is 6.52. The fourth-order valence-corrected chi connectivity index (χ4v) is 2.60. The number of hydrogen-bond donors (Lipinski definition) is 2. The Labute approximate surface area is 123 Å². The quantitative estimate of drug-likeness (QED) is 0.735. The number of benzene rings is 1. The minimum atomic E-state index is -1.11. The van der Waals surface area contributed by atoms with Crippen molar-refractivity contribution in [2.24, 2.45) is 0 Å². The van der Waals surface area contributed by atoms with Crippen LogP contribution in [0.15, 0.2) is 33.6 Å². The summed E-state index contributed by atoms with van der Waals surface area (Å²) in [5.74, 6) is -1.29. The Kier molecular flexibility index (Phi) is 6.90. The van der Waals surface area contributed by atoms with Crippen LogP contribution in [0.4, 0.5) is 0 Å². The number of aliphatic carboxylic acids is 1. The summed E-state index contributed by atoms with van der Waals surface area (Å²) in [7, 11) is 1.39. The van der Waals surface area contributed by atoms with Gasteiger partial charge in [0, 0.05) is 16.5 Å². The molecular weight excluding hydrogens is 334 g/mol. The Morgan fingerprint density at radius 2 is 2.26 bits per heavy atom. The summed E-state index contributed by atoms with van der Waals surface area (Å²) in [6.07, 6.45) is 0. The molecule has 0 aliphatic rings. The minimum Gasteiger partial charge on any atom is -0.480 e. The van der Waals surface area contributed by atoms with Gasteiger partial charge in [0.05, 0.1) is 12.4 Å². The van der Waals surface area contributed by atoms with E-state index in [-0.39, 0.29) is 18.3 Å². The number of amides is 1. The monoisotopic (exact) mass is 347 g/mol. The number of methoxy groups -OCH3 is 1. The summed E-state index contributed by atoms with van der Waals surface area (Å²) < 4.78 is 5.67. The van der Waals surface area contributed by atoms with E-state index in [2.05, 4.69) is 21.2 Å². The molecule has 0 spiro atoms. The predicted octanol–water partition coefficient (Wildman–Crippen LogP) is 1.76. The molecule has 1 amide bonds. The lowest BCUT2D eigenvalue weighted by atomic mass is 10.3. The van der Waals surface area contributed by atoms with Crippen LogP contribution in [0.25, 0.3) is 0 Å². The first-order chi connectivity index (χ1) is 9.02. The van der Waals surface area contributed by atoms with E-state index in [0.717, 1.165) is 9.37 Å². The normalized spacial score (nSPS) is 11.9. The lowest BCUT2D eigenvalue weighted by Gasteiger charge is -2.13. The molecule has 7 heteroatoms. The molecule has 0 aliphatic heterocycles. The fourth-order valence-electron chi connectivity index (χ4n) is 1.28. The molecule has 0 aliphatic carbocycles. The molecule has 104 valence electrons. The summed E-state index contributed by atoms with van der Waals surface area (Å²) in [6.45, 7) is -0.0530. The number of thioether (sulfide) groups is 1. The van der Waals surface area contributed by atoms with Crippen LogP contribution in [0.5, 0.6) is 0 Å². The van der Waals surface area contributed by atoms with Crippen LogP contribution in [0, 0.1) is 0 Å². The molecule has 0 fully saturated rings. The van der Waals surface area contributed by atoms with Crippen LogP contribution in [0.2, 0.25) is 0 Å². The zero-order valence-corrected chi connectivity index (χ0v) is 12.7. The van der Waals surface area contributed by atoms with Crippen molar-refractivity contribution in [3.05, 3.63) is 28.7 Å². The molecule has 19 heavy (non-hydrogen) atoms. The largest absolute Gasteiger partial charge is 0.480 e. The smallest absolute Gasteiger partial charge is 0.328 e. The van der Waals surface area contributed by atoms with Crippen LogP contribution in [0.3, 0.4) is 0 Å². The van der Waals surface area contributed by atoms with Crippen LogP contribution in [-0.4, -0.2) is 42.5 Å². The Morgan fingerprint density at radius 1 is 1.53 bits per heavy atom. The van der Waals surface area contributed by atoms with Gasteiger partial charge in [-0.2, -0.15) is 0 Å². The van der Waals surface area contributed by atoms with Crippen molar-refractivity contribution in [3.8, 4) is 0 Å². The maximum absolute atomic E-state index is 11.6. The summed E-state index contributed by atoms with van der Waals surface area (Å²) in [5.41, 5.74) is 0. The van der Waals surface area contributed by atoms with Gasteiger partial charge < -0.3 is 15.2 Å². The number of ether oxygens (including phenoxy) is 1. The van der Waals surface area contributed by atoms with Crippen LogP contribution < -0.4 is 5.32 Å². The summed E-state index contributed by atoms with van der Waals surface area (Å²) in [4.78, 5) is 23.4. The third-order valence-electron chi connectivity index (χ3n) is 2.13. The highest BCUT2D eigenvalue weighted by molar-refractivity contribution is 9.10. The lowest BCUT2D eigenvalue weighted by molar-refractivity contribution is -0.142. The second-order valence-electron chi connectivity index (χ2n) is 3.66. The third kappa shape index (κ3) is 6.09. The molecule has 1 unspecified atom stereocenters. The first-order valence-electron chi connectivity index (χ1n) is 5.42. The molecule has 2 N–H and O–H groups in total. The van der Waals surface area contributed by atoms with E-state index in [1.807, 2.05) is 24.3 Å². The van der Waals surface area contributed by atoms with Gasteiger partial charge >= 0.3 is 5.97 Å². The first kappa shape index (κ1) is 16.0. The van der Waals surface area contributed by atoms with E-state index < -0.39 is 12.0 Å². The lowest BCUT2D eigenvalue weighted by Crippen LogP contribution is -2.44. The average molecular weight is 348 g/mol. The molecule has 0 aromatic heterocycles. The van der Waals surface area contributed by atoms with Crippen LogP contribution in [0.1, 0.15) is 0 Å². The minimum absolute atomic E-state index is 0.0530. The van der Waals surface area contributed by atoms with Crippen molar-refractivity contribution in [2.75, 3.05) is 19.5 Å². The van der Waals surface area contributed by atoms with Gasteiger partial charge in [0.15, 0.2) is 6.04 Å². The van der Waals surface area contributed by atoms with Crippen molar-refractivity contribution in [3.63, 3.8) is 0 Å². The number of hydrogen-bond acceptors (Lipinski definition) is 4. The molecule has 1 aromatic rings.